The topological polar surface area (TPSA) is 108 Å². The number of hydrogen-bond acceptors (Lipinski definition) is 8. The molecule has 218 valence electrons. The minimum absolute atomic E-state index is 0.260. The van der Waals surface area contributed by atoms with Gasteiger partial charge in [-0.05, 0) is 37.8 Å². The molecule has 1 aromatic heterocycles. The van der Waals surface area contributed by atoms with E-state index in [9.17, 15) is 13.7 Å². The van der Waals surface area contributed by atoms with Gasteiger partial charge in [-0.1, -0.05) is 25.0 Å². The summed E-state index contributed by atoms with van der Waals surface area (Å²) >= 11 is 0. The summed E-state index contributed by atoms with van der Waals surface area (Å²) in [5.74, 6) is 0.540. The van der Waals surface area contributed by atoms with Crippen LogP contribution in [0, 0.1) is 11.3 Å². The predicted molar refractivity (Wildman–Crippen MR) is 157 cm³/mol. The summed E-state index contributed by atoms with van der Waals surface area (Å²) in [5.41, 5.74) is 5.24. The molecule has 3 heterocycles. The lowest BCUT2D eigenvalue weighted by molar-refractivity contribution is 0.00610. The fraction of sp³-hybridized carbons (Fsp3) is 0.548. The van der Waals surface area contributed by atoms with E-state index in [2.05, 4.69) is 22.4 Å². The Kier molecular flexibility index (Phi) is 8.31. The maximum absolute atomic E-state index is 13.6. The van der Waals surface area contributed by atoms with Crippen LogP contribution in [-0.2, 0) is 27.6 Å². The van der Waals surface area contributed by atoms with Crippen molar-refractivity contribution in [2.45, 2.75) is 68.3 Å². The molecule has 41 heavy (non-hydrogen) atoms. The van der Waals surface area contributed by atoms with Gasteiger partial charge in [-0.15, -0.1) is 0 Å². The summed E-state index contributed by atoms with van der Waals surface area (Å²) in [5, 5.41) is 13.4. The second-order valence-corrected chi connectivity index (χ2v) is 13.4. The lowest BCUT2D eigenvalue weighted by Crippen LogP contribution is -2.50. The van der Waals surface area contributed by atoms with Gasteiger partial charge in [-0.2, -0.15) is 9.57 Å². The number of rotatable bonds is 8. The second-order valence-electron chi connectivity index (χ2n) is 11.5. The van der Waals surface area contributed by atoms with Crippen molar-refractivity contribution in [3.05, 3.63) is 52.9 Å². The van der Waals surface area contributed by atoms with Crippen molar-refractivity contribution >= 4 is 21.3 Å². The van der Waals surface area contributed by atoms with Crippen LogP contribution in [0.3, 0.4) is 0 Å². The van der Waals surface area contributed by atoms with Gasteiger partial charge in [0.05, 0.1) is 42.6 Å². The molecule has 1 N–H and O–H groups in total. The average molecular weight is 578 g/mol. The van der Waals surface area contributed by atoms with Crippen LogP contribution in [0.4, 0.5) is 5.69 Å². The molecule has 2 aliphatic carbocycles. The van der Waals surface area contributed by atoms with Crippen LogP contribution in [0.2, 0.25) is 0 Å². The fourth-order valence-electron chi connectivity index (χ4n) is 6.77. The number of benzene rings is 1. The third-order valence-corrected chi connectivity index (χ3v) is 10.9. The number of hydrogen-bond donors (Lipinski definition) is 1. The zero-order valence-electron chi connectivity index (χ0n) is 23.8. The van der Waals surface area contributed by atoms with E-state index in [1.807, 2.05) is 12.1 Å². The van der Waals surface area contributed by atoms with Crippen molar-refractivity contribution in [1.29, 1.82) is 5.26 Å². The number of methoxy groups -OCH3 is 1. The summed E-state index contributed by atoms with van der Waals surface area (Å²) in [4.78, 5) is 7.61. The minimum Gasteiger partial charge on any atom is -0.496 e. The first-order chi connectivity index (χ1) is 20.0. The molecule has 1 aromatic carbocycles. The summed E-state index contributed by atoms with van der Waals surface area (Å²) in [6, 6.07) is 10.4. The van der Waals surface area contributed by atoms with E-state index >= 15 is 0 Å². The van der Waals surface area contributed by atoms with E-state index in [0.717, 1.165) is 80.2 Å². The molecule has 4 aliphatic rings. The molecule has 9 nitrogen and oxygen atoms in total. The highest BCUT2D eigenvalue weighted by Gasteiger charge is 2.33. The molecule has 3 fully saturated rings. The summed E-state index contributed by atoms with van der Waals surface area (Å²) in [7, 11) is -2.05. The van der Waals surface area contributed by atoms with Crippen molar-refractivity contribution in [1.82, 2.24) is 14.2 Å². The van der Waals surface area contributed by atoms with E-state index in [1.165, 1.54) is 12.8 Å². The van der Waals surface area contributed by atoms with Gasteiger partial charge in [0.1, 0.15) is 5.75 Å². The molecule has 10 heteroatoms. The van der Waals surface area contributed by atoms with E-state index in [-0.39, 0.29) is 4.90 Å². The number of sulfonamides is 1. The Bertz CT molecular complexity index is 1450. The number of piperidine rings is 1. The van der Waals surface area contributed by atoms with Crippen molar-refractivity contribution in [2.24, 2.45) is 0 Å². The van der Waals surface area contributed by atoms with Crippen molar-refractivity contribution in [2.75, 3.05) is 51.8 Å². The lowest BCUT2D eigenvalue weighted by atomic mass is 10.0. The zero-order valence-corrected chi connectivity index (χ0v) is 24.6. The van der Waals surface area contributed by atoms with Crippen LogP contribution in [-0.4, -0.2) is 81.2 Å². The van der Waals surface area contributed by atoms with Crippen molar-refractivity contribution in [3.63, 3.8) is 0 Å². The van der Waals surface area contributed by atoms with Crippen molar-refractivity contribution in [3.8, 4) is 11.8 Å². The first-order valence-electron chi connectivity index (χ1n) is 14.8. The number of morpholine rings is 1. The first-order valence-corrected chi connectivity index (χ1v) is 16.3. The van der Waals surface area contributed by atoms with E-state index < -0.39 is 10.0 Å². The first kappa shape index (κ1) is 28.2. The molecule has 6 rings (SSSR count). The second kappa shape index (κ2) is 12.1. The number of allylic oxidation sites excluding steroid dienone is 2. The van der Waals surface area contributed by atoms with Gasteiger partial charge in [0, 0.05) is 79.7 Å². The van der Waals surface area contributed by atoms with Crippen LogP contribution in [0.5, 0.6) is 5.75 Å². The maximum Gasteiger partial charge on any atom is 0.243 e. The third kappa shape index (κ3) is 5.86. The highest BCUT2D eigenvalue weighted by atomic mass is 32.2. The number of nitrogens with one attached hydrogen (secondary N) is 1. The number of ether oxygens (including phenoxy) is 2. The number of fused-ring (bicyclic) bond motifs is 1. The van der Waals surface area contributed by atoms with Gasteiger partial charge in [0.2, 0.25) is 10.0 Å². The minimum atomic E-state index is -3.63. The van der Waals surface area contributed by atoms with Gasteiger partial charge in [-0.25, -0.2) is 8.42 Å². The number of aromatic nitrogens is 1. The summed E-state index contributed by atoms with van der Waals surface area (Å²) in [6.45, 7) is 4.38. The Morgan fingerprint density at radius 3 is 2.56 bits per heavy atom. The van der Waals surface area contributed by atoms with Gasteiger partial charge in [0.25, 0.3) is 0 Å². The molecule has 2 saturated heterocycles. The average Bonchev–Trinajstić information content (AvgIpc) is 3.68. The number of nitriles is 1. The predicted octanol–water partition coefficient (Wildman–Crippen LogP) is 3.98. The van der Waals surface area contributed by atoms with Crippen LogP contribution in [0.25, 0.3) is 5.57 Å². The Balaban J connectivity index is 1.19. The van der Waals surface area contributed by atoms with Crippen LogP contribution >= 0.6 is 0 Å². The molecule has 0 atom stereocenters. The van der Waals surface area contributed by atoms with E-state index in [0.29, 0.717) is 49.3 Å². The van der Waals surface area contributed by atoms with Crippen LogP contribution in [0.1, 0.15) is 61.0 Å². The zero-order chi connectivity index (χ0) is 28.4. The van der Waals surface area contributed by atoms with E-state index in [1.54, 1.807) is 23.5 Å². The standard InChI is InChI=1S/C31H39N5O4S/c1-39-30-20-27(41(37,38)36-12-10-26(11-13-36)35-14-16-40-17-15-35)8-6-22(30)18-25-19-29(33-24-4-2-3-5-24)31-23(21-32)7-9-28(31)34-25/h6-8,19-20,24,26H,2-5,9-18H2,1H3,(H,33,34). The molecule has 0 radical (unpaired) electrons. The van der Waals surface area contributed by atoms with Crippen LogP contribution < -0.4 is 10.1 Å². The molecular weight excluding hydrogens is 538 g/mol. The highest BCUT2D eigenvalue weighted by Crippen LogP contribution is 2.36. The highest BCUT2D eigenvalue weighted by molar-refractivity contribution is 7.89. The molecule has 0 amide bonds. The molecule has 1 saturated carbocycles. The Hall–Kier alpha value is -2.97. The monoisotopic (exact) mass is 577 g/mol. The number of nitrogens with zero attached hydrogens (tertiary/aromatic N) is 4. The largest absolute Gasteiger partial charge is 0.496 e. The Morgan fingerprint density at radius 1 is 1.10 bits per heavy atom. The molecule has 2 aromatic rings. The smallest absolute Gasteiger partial charge is 0.243 e. The molecule has 2 aliphatic heterocycles. The van der Waals surface area contributed by atoms with Crippen LogP contribution in [0.15, 0.2) is 35.2 Å². The summed E-state index contributed by atoms with van der Waals surface area (Å²) in [6.07, 6.45) is 9.46. The quantitative estimate of drug-likeness (QED) is 0.502. The SMILES string of the molecule is COc1cc(S(=O)(=O)N2CCC(N3CCOCC3)CC2)ccc1Cc1cc(NC2CCCC2)c2c(n1)CC=C2C#N. The maximum atomic E-state index is 13.6. The van der Waals surface area contributed by atoms with Gasteiger partial charge < -0.3 is 14.8 Å². The van der Waals surface area contributed by atoms with Gasteiger partial charge >= 0.3 is 0 Å². The molecule has 0 spiro atoms. The third-order valence-electron chi connectivity index (χ3n) is 9.00. The normalized spacial score (nSPS) is 20.9. The summed E-state index contributed by atoms with van der Waals surface area (Å²) < 4.78 is 40.0. The lowest BCUT2D eigenvalue weighted by Gasteiger charge is -2.39. The molecule has 0 unspecified atom stereocenters. The van der Waals surface area contributed by atoms with Crippen molar-refractivity contribution < 1.29 is 17.9 Å². The Labute approximate surface area is 243 Å². The van der Waals surface area contributed by atoms with Gasteiger partial charge in [0.15, 0.2) is 0 Å². The Morgan fingerprint density at radius 2 is 1.85 bits per heavy atom. The van der Waals surface area contributed by atoms with Gasteiger partial charge in [-0.3, -0.25) is 9.88 Å². The number of pyridine rings is 1. The van der Waals surface area contributed by atoms with E-state index in [4.69, 9.17) is 14.5 Å². The molecular formula is C31H39N5O4S. The molecule has 0 bridgehead atoms. The number of anilines is 1. The fourth-order valence-corrected chi connectivity index (χ4v) is 8.25.